The Bertz CT molecular complexity index is 520. The molecule has 2 saturated heterocycles. The molecule has 3 atom stereocenters. The summed E-state index contributed by atoms with van der Waals surface area (Å²) in [5.41, 5.74) is 4.15. The van der Waals surface area contributed by atoms with Crippen molar-refractivity contribution in [2.24, 2.45) is 5.92 Å². The first-order valence-electron chi connectivity index (χ1n) is 7.58. The number of rotatable bonds is 3. The van der Waals surface area contributed by atoms with Crippen molar-refractivity contribution in [3.63, 3.8) is 0 Å². The van der Waals surface area contributed by atoms with Crippen molar-refractivity contribution in [1.29, 1.82) is 0 Å². The molecule has 100 valence electrons. The molecule has 1 aromatic rings. The molecule has 0 amide bonds. The molecule has 1 aliphatic carbocycles. The Morgan fingerprint density at radius 2 is 2.11 bits per heavy atom. The molecule has 3 aliphatic rings. The van der Waals surface area contributed by atoms with Gasteiger partial charge in [-0.05, 0) is 55.2 Å². The minimum atomic E-state index is 0.173. The topological polar surface area (TPSA) is 26.3 Å². The second-order valence-electron chi connectivity index (χ2n) is 6.32. The van der Waals surface area contributed by atoms with E-state index >= 15 is 0 Å². The van der Waals surface area contributed by atoms with E-state index in [1.165, 1.54) is 36.0 Å². The summed E-state index contributed by atoms with van der Waals surface area (Å²) in [6.07, 6.45) is 8.09. The van der Waals surface area contributed by atoms with Crippen LogP contribution in [0.1, 0.15) is 42.4 Å². The van der Waals surface area contributed by atoms with Crippen LogP contribution in [0, 0.1) is 5.92 Å². The van der Waals surface area contributed by atoms with Crippen molar-refractivity contribution < 1.29 is 9.53 Å². The Balaban J connectivity index is 1.48. The van der Waals surface area contributed by atoms with E-state index in [9.17, 15) is 4.79 Å². The van der Waals surface area contributed by atoms with Crippen LogP contribution in [0.15, 0.2) is 18.2 Å². The molecule has 0 spiro atoms. The van der Waals surface area contributed by atoms with Crippen molar-refractivity contribution in [2.75, 3.05) is 0 Å². The highest BCUT2D eigenvalue weighted by molar-refractivity contribution is 5.84. The number of carbonyl (C=O) groups is 1. The van der Waals surface area contributed by atoms with Crippen LogP contribution in [0.25, 0.3) is 0 Å². The quantitative estimate of drug-likeness (QED) is 0.831. The van der Waals surface area contributed by atoms with E-state index in [-0.39, 0.29) is 12.0 Å². The fourth-order valence-electron chi connectivity index (χ4n) is 4.04. The summed E-state index contributed by atoms with van der Waals surface area (Å²) in [5, 5.41) is 0. The van der Waals surface area contributed by atoms with Crippen molar-refractivity contribution in [3.05, 3.63) is 34.9 Å². The van der Waals surface area contributed by atoms with Gasteiger partial charge in [0.2, 0.25) is 0 Å². The fourth-order valence-corrected chi connectivity index (χ4v) is 4.04. The summed E-state index contributed by atoms with van der Waals surface area (Å²) in [7, 11) is 0. The number of ether oxygens (including phenoxy) is 1. The standard InChI is InChI=1S/C17H20O2/c18-16(15-10-14-6-7-17(15)19-14)9-11-4-5-12-2-1-3-13(12)8-11/h4-5,8,14-15,17H,1-3,6-7,9-10H2. The van der Waals surface area contributed by atoms with Crippen LogP contribution in [-0.4, -0.2) is 18.0 Å². The lowest BCUT2D eigenvalue weighted by Gasteiger charge is -2.17. The maximum absolute atomic E-state index is 12.4. The highest BCUT2D eigenvalue weighted by Gasteiger charge is 2.43. The SMILES string of the molecule is O=C(Cc1ccc2c(c1)CCC2)C1CC2CCC1O2. The number of carbonyl (C=O) groups excluding carboxylic acids is 1. The zero-order chi connectivity index (χ0) is 12.8. The van der Waals surface area contributed by atoms with E-state index in [1.54, 1.807) is 0 Å². The van der Waals surface area contributed by atoms with Crippen molar-refractivity contribution in [1.82, 2.24) is 0 Å². The average molecular weight is 256 g/mol. The number of aryl methyl sites for hydroxylation is 2. The predicted octanol–water partition coefficient (Wildman–Crippen LogP) is 2.85. The Labute approximate surface area is 114 Å². The van der Waals surface area contributed by atoms with Gasteiger partial charge >= 0.3 is 0 Å². The molecule has 2 nitrogen and oxygen atoms in total. The summed E-state index contributed by atoms with van der Waals surface area (Å²) in [4.78, 5) is 12.4. The van der Waals surface area contributed by atoms with E-state index < -0.39 is 0 Å². The smallest absolute Gasteiger partial charge is 0.143 e. The minimum absolute atomic E-state index is 0.173. The van der Waals surface area contributed by atoms with Crippen LogP contribution in [0.4, 0.5) is 0 Å². The van der Waals surface area contributed by atoms with Gasteiger partial charge in [0.25, 0.3) is 0 Å². The number of ketones is 1. The van der Waals surface area contributed by atoms with Crippen molar-refractivity contribution >= 4 is 5.78 Å². The summed E-state index contributed by atoms with van der Waals surface area (Å²) in [6.45, 7) is 0. The van der Waals surface area contributed by atoms with Gasteiger partial charge < -0.3 is 4.74 Å². The summed E-state index contributed by atoms with van der Waals surface area (Å²) >= 11 is 0. The molecular formula is C17H20O2. The average Bonchev–Trinajstić information content (AvgIpc) is 3.13. The van der Waals surface area contributed by atoms with Gasteiger partial charge in [-0.3, -0.25) is 4.79 Å². The van der Waals surface area contributed by atoms with Crippen molar-refractivity contribution in [2.45, 2.75) is 57.2 Å². The largest absolute Gasteiger partial charge is 0.374 e. The lowest BCUT2D eigenvalue weighted by Crippen LogP contribution is -2.26. The van der Waals surface area contributed by atoms with Gasteiger partial charge in [-0.1, -0.05) is 18.2 Å². The molecule has 0 N–H and O–H groups in total. The first kappa shape index (κ1) is 11.7. The van der Waals surface area contributed by atoms with Gasteiger partial charge in [-0.25, -0.2) is 0 Å². The summed E-state index contributed by atoms with van der Waals surface area (Å²) in [5.74, 6) is 0.567. The first-order chi connectivity index (χ1) is 9.29. The van der Waals surface area contributed by atoms with Crippen LogP contribution in [0.5, 0.6) is 0 Å². The van der Waals surface area contributed by atoms with Crippen LogP contribution in [0.3, 0.4) is 0 Å². The minimum Gasteiger partial charge on any atom is -0.374 e. The fraction of sp³-hybridized carbons (Fsp3) is 0.588. The molecule has 2 fully saturated rings. The first-order valence-corrected chi connectivity index (χ1v) is 7.58. The Morgan fingerprint density at radius 1 is 1.21 bits per heavy atom. The molecule has 0 radical (unpaired) electrons. The van der Waals surface area contributed by atoms with E-state index in [0.29, 0.717) is 18.3 Å². The molecule has 1 aromatic carbocycles. The number of hydrogen-bond donors (Lipinski definition) is 0. The Hall–Kier alpha value is -1.15. The molecule has 3 unspecified atom stereocenters. The third-order valence-corrected chi connectivity index (χ3v) is 5.06. The second kappa shape index (κ2) is 4.45. The molecule has 4 rings (SSSR count). The van der Waals surface area contributed by atoms with Crippen LogP contribution in [0.2, 0.25) is 0 Å². The predicted molar refractivity (Wildman–Crippen MR) is 73.2 cm³/mol. The third-order valence-electron chi connectivity index (χ3n) is 5.06. The molecule has 2 heterocycles. The van der Waals surface area contributed by atoms with Gasteiger partial charge in [-0.15, -0.1) is 0 Å². The van der Waals surface area contributed by atoms with Gasteiger partial charge in [0.1, 0.15) is 5.78 Å². The van der Waals surface area contributed by atoms with E-state index in [0.717, 1.165) is 19.3 Å². The van der Waals surface area contributed by atoms with E-state index in [2.05, 4.69) is 18.2 Å². The van der Waals surface area contributed by atoms with Gasteiger partial charge in [0, 0.05) is 12.3 Å². The normalized spacial score (nSPS) is 31.7. The molecule has 0 aromatic heterocycles. The molecule has 19 heavy (non-hydrogen) atoms. The Morgan fingerprint density at radius 3 is 2.89 bits per heavy atom. The van der Waals surface area contributed by atoms with Gasteiger partial charge in [0.05, 0.1) is 12.2 Å². The summed E-state index contributed by atoms with van der Waals surface area (Å²) in [6, 6.07) is 6.63. The lowest BCUT2D eigenvalue weighted by molar-refractivity contribution is -0.123. The number of fused-ring (bicyclic) bond motifs is 3. The van der Waals surface area contributed by atoms with E-state index in [1.807, 2.05) is 0 Å². The van der Waals surface area contributed by atoms with Gasteiger partial charge in [0.15, 0.2) is 0 Å². The van der Waals surface area contributed by atoms with Crippen LogP contribution >= 0.6 is 0 Å². The molecule has 2 heteroatoms. The number of benzene rings is 1. The lowest BCUT2D eigenvalue weighted by atomic mass is 9.84. The maximum Gasteiger partial charge on any atom is 0.143 e. The van der Waals surface area contributed by atoms with Crippen LogP contribution < -0.4 is 0 Å². The zero-order valence-corrected chi connectivity index (χ0v) is 11.2. The molecular weight excluding hydrogens is 236 g/mol. The van der Waals surface area contributed by atoms with Crippen molar-refractivity contribution in [3.8, 4) is 0 Å². The maximum atomic E-state index is 12.4. The molecule has 0 saturated carbocycles. The van der Waals surface area contributed by atoms with Gasteiger partial charge in [-0.2, -0.15) is 0 Å². The molecule has 2 aliphatic heterocycles. The Kier molecular flexibility index (Phi) is 2.73. The molecule has 2 bridgehead atoms. The zero-order valence-electron chi connectivity index (χ0n) is 11.2. The summed E-state index contributed by atoms with van der Waals surface area (Å²) < 4.78 is 5.80. The third kappa shape index (κ3) is 2.02. The van der Waals surface area contributed by atoms with E-state index in [4.69, 9.17) is 4.74 Å². The monoisotopic (exact) mass is 256 g/mol. The highest BCUT2D eigenvalue weighted by atomic mass is 16.5. The second-order valence-corrected chi connectivity index (χ2v) is 6.32. The number of hydrogen-bond acceptors (Lipinski definition) is 2. The van der Waals surface area contributed by atoms with Crippen LogP contribution in [-0.2, 0) is 28.8 Å². The number of Topliss-reactive ketones (excluding diaryl/α,β-unsaturated/α-hetero) is 1. The highest BCUT2D eigenvalue weighted by Crippen LogP contribution is 2.39.